The molecule has 3 nitrogen and oxygen atoms in total. The Morgan fingerprint density at radius 2 is 2.11 bits per heavy atom. The molecule has 1 aromatic carbocycles. The van der Waals surface area contributed by atoms with Crippen LogP contribution in [0.4, 0.5) is 0 Å². The second-order valence-corrected chi connectivity index (χ2v) is 4.29. The van der Waals surface area contributed by atoms with Gasteiger partial charge in [0.25, 0.3) is 0 Å². The normalized spacial score (nSPS) is 10.7. The van der Waals surface area contributed by atoms with Crippen LogP contribution in [0.2, 0.25) is 5.02 Å². The standard InChI is InChI=1S/C14H8ClNO2/c15-11-4-3-10(8-17)12(7-11)13-6-9-2-1-5-16-14(9)18-13/h1-8H. The van der Waals surface area contributed by atoms with E-state index in [0.29, 0.717) is 27.6 Å². The lowest BCUT2D eigenvalue weighted by molar-refractivity contribution is 0.112. The number of aldehydes is 1. The largest absolute Gasteiger partial charge is 0.438 e. The summed E-state index contributed by atoms with van der Waals surface area (Å²) in [6.07, 6.45) is 2.44. The molecule has 4 heteroatoms. The van der Waals surface area contributed by atoms with Crippen LogP contribution in [0.3, 0.4) is 0 Å². The Hall–Kier alpha value is -2.13. The molecular weight excluding hydrogens is 250 g/mol. The van der Waals surface area contributed by atoms with Crippen LogP contribution in [0.25, 0.3) is 22.4 Å². The summed E-state index contributed by atoms with van der Waals surface area (Å²) in [5, 5.41) is 1.45. The third-order valence-electron chi connectivity index (χ3n) is 2.70. The average Bonchev–Trinajstić information content (AvgIpc) is 2.82. The summed E-state index contributed by atoms with van der Waals surface area (Å²) < 4.78 is 5.62. The van der Waals surface area contributed by atoms with Crippen LogP contribution in [-0.2, 0) is 0 Å². The van der Waals surface area contributed by atoms with E-state index in [1.165, 1.54) is 0 Å². The van der Waals surface area contributed by atoms with E-state index in [4.69, 9.17) is 16.0 Å². The van der Waals surface area contributed by atoms with Crippen molar-refractivity contribution in [3.05, 3.63) is 53.2 Å². The lowest BCUT2D eigenvalue weighted by atomic mass is 10.1. The van der Waals surface area contributed by atoms with Gasteiger partial charge in [0.05, 0.1) is 0 Å². The van der Waals surface area contributed by atoms with Crippen molar-refractivity contribution < 1.29 is 9.21 Å². The van der Waals surface area contributed by atoms with Gasteiger partial charge in [-0.25, -0.2) is 4.98 Å². The number of fused-ring (bicyclic) bond motifs is 1. The fourth-order valence-corrected chi connectivity index (χ4v) is 2.02. The van der Waals surface area contributed by atoms with Crippen LogP contribution >= 0.6 is 11.6 Å². The van der Waals surface area contributed by atoms with Crippen LogP contribution in [-0.4, -0.2) is 11.3 Å². The molecule has 0 aliphatic carbocycles. The SMILES string of the molecule is O=Cc1ccc(Cl)cc1-c1cc2cccnc2o1. The number of nitrogens with zero attached hydrogens (tertiary/aromatic N) is 1. The van der Waals surface area contributed by atoms with E-state index in [2.05, 4.69) is 4.98 Å². The van der Waals surface area contributed by atoms with Gasteiger partial charge in [0, 0.05) is 27.7 Å². The molecule has 0 saturated heterocycles. The van der Waals surface area contributed by atoms with Gasteiger partial charge in [0.15, 0.2) is 6.29 Å². The van der Waals surface area contributed by atoms with E-state index < -0.39 is 0 Å². The van der Waals surface area contributed by atoms with Gasteiger partial charge in [-0.15, -0.1) is 0 Å². The number of benzene rings is 1. The number of carbonyl (C=O) groups excluding carboxylic acids is 1. The fraction of sp³-hybridized carbons (Fsp3) is 0. The molecule has 0 fully saturated rings. The lowest BCUT2D eigenvalue weighted by Crippen LogP contribution is -1.85. The minimum atomic E-state index is 0.540. The molecule has 0 aliphatic heterocycles. The van der Waals surface area contributed by atoms with Gasteiger partial charge >= 0.3 is 0 Å². The number of carbonyl (C=O) groups is 1. The topological polar surface area (TPSA) is 43.1 Å². The van der Waals surface area contributed by atoms with E-state index in [0.717, 1.165) is 11.7 Å². The van der Waals surface area contributed by atoms with Crippen molar-refractivity contribution in [3.63, 3.8) is 0 Å². The van der Waals surface area contributed by atoms with Crippen molar-refractivity contribution in [1.82, 2.24) is 4.98 Å². The second-order valence-electron chi connectivity index (χ2n) is 3.86. The smallest absolute Gasteiger partial charge is 0.226 e. The van der Waals surface area contributed by atoms with Gasteiger partial charge < -0.3 is 4.42 Å². The van der Waals surface area contributed by atoms with Crippen LogP contribution in [0.1, 0.15) is 10.4 Å². The number of hydrogen-bond acceptors (Lipinski definition) is 3. The van der Waals surface area contributed by atoms with Gasteiger partial charge in [-0.3, -0.25) is 4.79 Å². The van der Waals surface area contributed by atoms with Crippen molar-refractivity contribution in [2.45, 2.75) is 0 Å². The highest BCUT2D eigenvalue weighted by atomic mass is 35.5. The Morgan fingerprint density at radius 1 is 1.22 bits per heavy atom. The van der Waals surface area contributed by atoms with Gasteiger partial charge in [-0.05, 0) is 36.4 Å². The average molecular weight is 258 g/mol. The first-order chi connectivity index (χ1) is 8.78. The van der Waals surface area contributed by atoms with Crippen molar-refractivity contribution in [2.24, 2.45) is 0 Å². The zero-order valence-corrected chi connectivity index (χ0v) is 10.0. The molecule has 3 aromatic rings. The maximum absolute atomic E-state index is 11.0. The highest BCUT2D eigenvalue weighted by molar-refractivity contribution is 6.31. The fourth-order valence-electron chi connectivity index (χ4n) is 1.85. The molecular formula is C14H8ClNO2. The molecule has 0 unspecified atom stereocenters. The first kappa shape index (κ1) is 11.0. The van der Waals surface area contributed by atoms with Crippen LogP contribution in [0.15, 0.2) is 47.0 Å². The number of halogens is 1. The quantitative estimate of drug-likeness (QED) is 0.653. The van der Waals surface area contributed by atoms with Gasteiger partial charge in [-0.2, -0.15) is 0 Å². The highest BCUT2D eigenvalue weighted by Gasteiger charge is 2.11. The Bertz CT molecular complexity index is 700. The van der Waals surface area contributed by atoms with Crippen molar-refractivity contribution in [3.8, 4) is 11.3 Å². The van der Waals surface area contributed by atoms with Crippen LogP contribution in [0.5, 0.6) is 0 Å². The molecule has 0 amide bonds. The minimum absolute atomic E-state index is 0.540. The Morgan fingerprint density at radius 3 is 2.89 bits per heavy atom. The summed E-state index contributed by atoms with van der Waals surface area (Å²) in [6, 6.07) is 10.6. The predicted octanol–water partition coefficient (Wildman–Crippen LogP) is 3.96. The molecule has 0 N–H and O–H groups in total. The minimum Gasteiger partial charge on any atom is -0.438 e. The molecule has 0 aliphatic rings. The van der Waals surface area contributed by atoms with E-state index >= 15 is 0 Å². The molecule has 0 spiro atoms. The maximum Gasteiger partial charge on any atom is 0.226 e. The van der Waals surface area contributed by atoms with Crippen molar-refractivity contribution in [2.75, 3.05) is 0 Å². The molecule has 0 saturated carbocycles. The number of pyridine rings is 1. The number of aromatic nitrogens is 1. The summed E-state index contributed by atoms with van der Waals surface area (Å²) >= 11 is 5.95. The lowest BCUT2D eigenvalue weighted by Gasteiger charge is -2.01. The molecule has 2 aromatic heterocycles. The molecule has 2 heterocycles. The summed E-state index contributed by atoms with van der Waals surface area (Å²) in [5.41, 5.74) is 1.76. The second kappa shape index (κ2) is 4.27. The summed E-state index contributed by atoms with van der Waals surface area (Å²) in [4.78, 5) is 15.1. The van der Waals surface area contributed by atoms with Crippen LogP contribution < -0.4 is 0 Å². The Balaban J connectivity index is 2.25. The van der Waals surface area contributed by atoms with Gasteiger partial charge in [0.2, 0.25) is 5.71 Å². The maximum atomic E-state index is 11.0. The van der Waals surface area contributed by atoms with Crippen molar-refractivity contribution >= 4 is 29.0 Å². The monoisotopic (exact) mass is 257 g/mol. The third-order valence-corrected chi connectivity index (χ3v) is 2.94. The first-order valence-corrected chi connectivity index (χ1v) is 5.75. The first-order valence-electron chi connectivity index (χ1n) is 5.37. The van der Waals surface area contributed by atoms with E-state index in [9.17, 15) is 4.79 Å². The Kier molecular flexibility index (Phi) is 2.61. The highest BCUT2D eigenvalue weighted by Crippen LogP contribution is 2.30. The molecule has 18 heavy (non-hydrogen) atoms. The zero-order chi connectivity index (χ0) is 12.5. The van der Waals surface area contributed by atoms with Gasteiger partial charge in [0.1, 0.15) is 5.76 Å². The Labute approximate surface area is 108 Å². The number of furan rings is 1. The van der Waals surface area contributed by atoms with E-state index in [1.54, 1.807) is 24.4 Å². The summed E-state index contributed by atoms with van der Waals surface area (Å²) in [7, 11) is 0. The van der Waals surface area contributed by atoms with Gasteiger partial charge in [-0.1, -0.05) is 11.6 Å². The number of rotatable bonds is 2. The molecule has 0 radical (unpaired) electrons. The number of hydrogen-bond donors (Lipinski definition) is 0. The third kappa shape index (κ3) is 1.79. The molecule has 88 valence electrons. The molecule has 3 rings (SSSR count). The van der Waals surface area contributed by atoms with Crippen molar-refractivity contribution in [1.29, 1.82) is 0 Å². The van der Waals surface area contributed by atoms with E-state index in [1.807, 2.05) is 18.2 Å². The van der Waals surface area contributed by atoms with Crippen LogP contribution in [0, 0.1) is 0 Å². The van der Waals surface area contributed by atoms with E-state index in [-0.39, 0.29) is 0 Å². The summed E-state index contributed by atoms with van der Waals surface area (Å²) in [5.74, 6) is 0.591. The molecule has 0 atom stereocenters. The summed E-state index contributed by atoms with van der Waals surface area (Å²) in [6.45, 7) is 0. The molecule has 0 bridgehead atoms. The predicted molar refractivity (Wildman–Crippen MR) is 69.8 cm³/mol. The zero-order valence-electron chi connectivity index (χ0n) is 9.26.